The topological polar surface area (TPSA) is 63.9 Å². The molecule has 1 aliphatic rings. The van der Waals surface area contributed by atoms with Crippen LogP contribution < -0.4 is 0 Å². The van der Waals surface area contributed by atoms with Crippen LogP contribution in [0.2, 0.25) is 0 Å². The van der Waals surface area contributed by atoms with Gasteiger partial charge < -0.3 is 9.47 Å². The third-order valence-electron chi connectivity index (χ3n) is 4.20. The third kappa shape index (κ3) is 3.00. The summed E-state index contributed by atoms with van der Waals surface area (Å²) in [6, 6.07) is 0. The van der Waals surface area contributed by atoms with Gasteiger partial charge in [-0.15, -0.1) is 0 Å². The summed E-state index contributed by atoms with van der Waals surface area (Å²) in [7, 11) is 1.95. The van der Waals surface area contributed by atoms with Crippen molar-refractivity contribution in [2.24, 2.45) is 13.0 Å². The fourth-order valence-electron chi connectivity index (χ4n) is 2.98. The molecule has 0 aromatic carbocycles. The number of carbonyl (C=O) groups excluding carboxylic acids is 1. The molecule has 116 valence electrons. The Hall–Kier alpha value is -2.24. The van der Waals surface area contributed by atoms with Crippen molar-refractivity contribution in [2.45, 2.75) is 26.2 Å². The van der Waals surface area contributed by atoms with Crippen LogP contribution in [0.1, 0.15) is 25.5 Å². The SMILES string of the molecule is CCC(=O)N1CCC(Cc2cncc(-c3cncn3C)n2)C1. The number of aryl methyl sites for hydroxylation is 1. The van der Waals surface area contributed by atoms with Gasteiger partial charge in [-0.25, -0.2) is 9.97 Å². The molecule has 3 rings (SSSR count). The first-order chi connectivity index (χ1) is 10.7. The van der Waals surface area contributed by atoms with Gasteiger partial charge in [-0.3, -0.25) is 9.78 Å². The number of hydrogen-bond donors (Lipinski definition) is 0. The van der Waals surface area contributed by atoms with E-state index in [0.29, 0.717) is 12.3 Å². The lowest BCUT2D eigenvalue weighted by Crippen LogP contribution is -2.28. The van der Waals surface area contributed by atoms with Crippen molar-refractivity contribution in [3.63, 3.8) is 0 Å². The highest BCUT2D eigenvalue weighted by Crippen LogP contribution is 2.22. The predicted octanol–water partition coefficient (Wildman–Crippen LogP) is 1.68. The minimum Gasteiger partial charge on any atom is -0.342 e. The van der Waals surface area contributed by atoms with Crippen LogP contribution >= 0.6 is 0 Å². The van der Waals surface area contributed by atoms with Crippen LogP contribution in [0.15, 0.2) is 24.9 Å². The van der Waals surface area contributed by atoms with Crippen molar-refractivity contribution >= 4 is 5.91 Å². The van der Waals surface area contributed by atoms with E-state index < -0.39 is 0 Å². The third-order valence-corrected chi connectivity index (χ3v) is 4.20. The summed E-state index contributed by atoms with van der Waals surface area (Å²) in [4.78, 5) is 26.8. The first kappa shape index (κ1) is 14.7. The largest absolute Gasteiger partial charge is 0.342 e. The van der Waals surface area contributed by atoms with E-state index in [9.17, 15) is 4.79 Å². The smallest absolute Gasteiger partial charge is 0.222 e. The average molecular weight is 299 g/mol. The molecule has 0 N–H and O–H groups in total. The summed E-state index contributed by atoms with van der Waals surface area (Å²) in [5.74, 6) is 0.726. The number of carbonyl (C=O) groups is 1. The highest BCUT2D eigenvalue weighted by atomic mass is 16.2. The van der Waals surface area contributed by atoms with Crippen LogP contribution in [-0.4, -0.2) is 43.4 Å². The lowest BCUT2D eigenvalue weighted by molar-refractivity contribution is -0.129. The number of rotatable bonds is 4. The maximum absolute atomic E-state index is 11.7. The van der Waals surface area contributed by atoms with Crippen LogP contribution in [-0.2, 0) is 18.3 Å². The van der Waals surface area contributed by atoms with Crippen LogP contribution in [0.4, 0.5) is 0 Å². The first-order valence-corrected chi connectivity index (χ1v) is 7.72. The minimum absolute atomic E-state index is 0.247. The molecule has 1 fully saturated rings. The number of hydrogen-bond acceptors (Lipinski definition) is 4. The maximum Gasteiger partial charge on any atom is 0.222 e. The van der Waals surface area contributed by atoms with E-state index in [1.807, 2.05) is 29.6 Å². The number of amides is 1. The molecule has 0 spiro atoms. The van der Waals surface area contributed by atoms with Crippen molar-refractivity contribution in [3.8, 4) is 11.4 Å². The van der Waals surface area contributed by atoms with Gasteiger partial charge in [-0.2, -0.15) is 0 Å². The molecule has 0 aliphatic carbocycles. The number of aromatic nitrogens is 4. The Morgan fingerprint density at radius 3 is 2.91 bits per heavy atom. The zero-order valence-electron chi connectivity index (χ0n) is 13.1. The molecule has 2 aromatic heterocycles. The summed E-state index contributed by atoms with van der Waals surface area (Å²) >= 11 is 0. The molecule has 0 bridgehead atoms. The second-order valence-electron chi connectivity index (χ2n) is 5.84. The van der Waals surface area contributed by atoms with Gasteiger partial charge in [0.25, 0.3) is 0 Å². The minimum atomic E-state index is 0.247. The maximum atomic E-state index is 11.7. The Kier molecular flexibility index (Phi) is 4.18. The van der Waals surface area contributed by atoms with E-state index in [-0.39, 0.29) is 5.91 Å². The molecule has 22 heavy (non-hydrogen) atoms. The van der Waals surface area contributed by atoms with Gasteiger partial charge in [0.2, 0.25) is 5.91 Å². The summed E-state index contributed by atoms with van der Waals surface area (Å²) in [5.41, 5.74) is 2.79. The summed E-state index contributed by atoms with van der Waals surface area (Å²) in [6.07, 6.45) is 9.64. The second-order valence-corrected chi connectivity index (χ2v) is 5.84. The van der Waals surface area contributed by atoms with E-state index in [1.165, 1.54) is 0 Å². The molecular formula is C16H21N5O. The highest BCUT2D eigenvalue weighted by Gasteiger charge is 2.25. The summed E-state index contributed by atoms with van der Waals surface area (Å²) < 4.78 is 1.94. The molecule has 3 heterocycles. The zero-order chi connectivity index (χ0) is 15.5. The first-order valence-electron chi connectivity index (χ1n) is 7.72. The van der Waals surface area contributed by atoms with Crippen LogP contribution in [0, 0.1) is 5.92 Å². The molecule has 2 aromatic rings. The lowest BCUT2D eigenvalue weighted by atomic mass is 10.0. The Morgan fingerprint density at radius 2 is 2.18 bits per heavy atom. The Bertz CT molecular complexity index is 666. The number of imidazole rings is 1. The Morgan fingerprint density at radius 1 is 1.32 bits per heavy atom. The van der Waals surface area contributed by atoms with Gasteiger partial charge >= 0.3 is 0 Å². The van der Waals surface area contributed by atoms with Gasteiger partial charge in [-0.05, 0) is 18.8 Å². The van der Waals surface area contributed by atoms with Crippen molar-refractivity contribution in [3.05, 3.63) is 30.6 Å². The van der Waals surface area contributed by atoms with Crippen molar-refractivity contribution in [2.75, 3.05) is 13.1 Å². The Labute approximate surface area is 130 Å². The van der Waals surface area contributed by atoms with E-state index in [0.717, 1.165) is 43.0 Å². The fraction of sp³-hybridized carbons (Fsp3) is 0.500. The highest BCUT2D eigenvalue weighted by molar-refractivity contribution is 5.76. The quantitative estimate of drug-likeness (QED) is 0.861. The Balaban J connectivity index is 1.69. The number of likely N-dealkylation sites (tertiary alicyclic amines) is 1. The average Bonchev–Trinajstić information content (AvgIpc) is 3.16. The molecule has 1 atom stereocenters. The predicted molar refractivity (Wildman–Crippen MR) is 82.9 cm³/mol. The summed E-state index contributed by atoms with van der Waals surface area (Å²) in [5, 5.41) is 0. The van der Waals surface area contributed by atoms with Crippen molar-refractivity contribution < 1.29 is 4.79 Å². The van der Waals surface area contributed by atoms with Gasteiger partial charge in [0.1, 0.15) is 5.69 Å². The molecule has 1 aliphatic heterocycles. The standard InChI is InChI=1S/C16H21N5O/c1-3-16(22)21-5-4-12(10-21)6-13-7-17-8-14(19-13)15-9-18-11-20(15)2/h7-9,11-12H,3-6,10H2,1-2H3. The van der Waals surface area contributed by atoms with Gasteiger partial charge in [0.15, 0.2) is 0 Å². The van der Waals surface area contributed by atoms with Gasteiger partial charge in [0.05, 0.1) is 30.1 Å². The van der Waals surface area contributed by atoms with Crippen LogP contribution in [0.5, 0.6) is 0 Å². The number of nitrogens with zero attached hydrogens (tertiary/aromatic N) is 5. The van der Waals surface area contributed by atoms with Crippen molar-refractivity contribution in [1.29, 1.82) is 0 Å². The molecule has 0 saturated carbocycles. The fourth-order valence-corrected chi connectivity index (χ4v) is 2.98. The van der Waals surface area contributed by atoms with E-state index >= 15 is 0 Å². The lowest BCUT2D eigenvalue weighted by Gasteiger charge is -2.15. The molecule has 1 amide bonds. The van der Waals surface area contributed by atoms with Crippen molar-refractivity contribution in [1.82, 2.24) is 24.4 Å². The normalized spacial score (nSPS) is 17.9. The van der Waals surface area contributed by atoms with Gasteiger partial charge in [-0.1, -0.05) is 6.92 Å². The molecule has 1 saturated heterocycles. The van der Waals surface area contributed by atoms with E-state index in [1.54, 1.807) is 18.7 Å². The molecule has 1 unspecified atom stereocenters. The zero-order valence-corrected chi connectivity index (χ0v) is 13.1. The van der Waals surface area contributed by atoms with E-state index in [4.69, 9.17) is 4.98 Å². The molecule has 0 radical (unpaired) electrons. The molecule has 6 heteroatoms. The monoisotopic (exact) mass is 299 g/mol. The van der Waals surface area contributed by atoms with E-state index in [2.05, 4.69) is 9.97 Å². The molecular weight excluding hydrogens is 278 g/mol. The van der Waals surface area contributed by atoms with Crippen LogP contribution in [0.3, 0.4) is 0 Å². The molecule has 6 nitrogen and oxygen atoms in total. The van der Waals surface area contributed by atoms with Gasteiger partial charge in [0, 0.05) is 32.8 Å². The second kappa shape index (κ2) is 6.25. The van der Waals surface area contributed by atoms with Crippen LogP contribution in [0.25, 0.3) is 11.4 Å². The summed E-state index contributed by atoms with van der Waals surface area (Å²) in [6.45, 7) is 3.62.